The molecule has 0 spiro atoms. The Hall–Kier alpha value is -10.3. The van der Waals surface area contributed by atoms with Crippen molar-refractivity contribution in [1.29, 1.82) is 0 Å². The Morgan fingerprint density at radius 2 is 0.553 bits per heavy atom. The van der Waals surface area contributed by atoms with Crippen LogP contribution in [0.3, 0.4) is 0 Å². The molecular formula is C70H44N6. The lowest BCUT2D eigenvalue weighted by atomic mass is 9.94. The van der Waals surface area contributed by atoms with Gasteiger partial charge in [0.1, 0.15) is 0 Å². The molecule has 5 aromatic heterocycles. The van der Waals surface area contributed by atoms with Crippen LogP contribution < -0.4 is 0 Å². The predicted octanol–water partition coefficient (Wildman–Crippen LogP) is 17.7. The maximum atomic E-state index is 5.22. The highest BCUT2D eigenvalue weighted by Crippen LogP contribution is 2.38. The number of hydrogen-bond acceptors (Lipinski definition) is 6. The van der Waals surface area contributed by atoms with Crippen molar-refractivity contribution in [2.75, 3.05) is 0 Å². The average molecular weight is 969 g/mol. The highest BCUT2D eigenvalue weighted by Gasteiger charge is 2.16. The normalized spacial score (nSPS) is 11.4. The molecule has 9 aromatic carbocycles. The zero-order valence-corrected chi connectivity index (χ0v) is 41.1. The number of benzene rings is 9. The Kier molecular flexibility index (Phi) is 11.1. The fourth-order valence-electron chi connectivity index (χ4n) is 10.6. The summed E-state index contributed by atoms with van der Waals surface area (Å²) in [6, 6.07) is 85.8. The minimum absolute atomic E-state index is 0.675. The summed E-state index contributed by atoms with van der Waals surface area (Å²) in [5.74, 6) is 0.675. The van der Waals surface area contributed by atoms with E-state index in [0.717, 1.165) is 138 Å². The molecule has 0 aliphatic heterocycles. The molecule has 0 saturated heterocycles. The molecule has 0 saturated carbocycles. The van der Waals surface area contributed by atoms with Crippen LogP contribution in [0.5, 0.6) is 0 Å². The van der Waals surface area contributed by atoms with E-state index in [1.807, 2.05) is 67.3 Å². The second kappa shape index (κ2) is 19.0. The molecule has 0 radical (unpaired) electrons. The molecule has 0 unspecified atom stereocenters. The van der Waals surface area contributed by atoms with E-state index in [9.17, 15) is 0 Å². The molecule has 76 heavy (non-hydrogen) atoms. The Labute approximate surface area is 439 Å². The van der Waals surface area contributed by atoms with Crippen LogP contribution in [0.1, 0.15) is 0 Å². The van der Waals surface area contributed by atoms with E-state index >= 15 is 0 Å². The summed E-state index contributed by atoms with van der Waals surface area (Å²) in [4.78, 5) is 29.2. The summed E-state index contributed by atoms with van der Waals surface area (Å²) in [6.07, 6.45) is 7.34. The quantitative estimate of drug-likeness (QED) is 0.134. The van der Waals surface area contributed by atoms with Gasteiger partial charge in [0, 0.05) is 63.0 Å². The van der Waals surface area contributed by atoms with Crippen molar-refractivity contribution in [2.45, 2.75) is 0 Å². The maximum absolute atomic E-state index is 5.22. The van der Waals surface area contributed by atoms with Crippen molar-refractivity contribution in [3.63, 3.8) is 0 Å². The SMILES string of the molecule is c1ccc(-c2nc(-c3cccc(-c4cccc(-c5ccc(-c6cc7cccnc7c7ncccc67)cc5)c4)c3)cc(-c3cccc(-c4cccc(-c5ccc(-c6cc7cccnc7c7ncccc67)cc5)c4)c3)n2)cc1. The Morgan fingerprint density at radius 1 is 0.211 bits per heavy atom. The van der Waals surface area contributed by atoms with Crippen molar-refractivity contribution in [3.8, 4) is 101 Å². The van der Waals surface area contributed by atoms with E-state index in [1.165, 1.54) is 0 Å². The number of nitrogens with zero attached hydrogens (tertiary/aromatic N) is 6. The van der Waals surface area contributed by atoms with Crippen LogP contribution in [0, 0.1) is 0 Å². The Morgan fingerprint density at radius 3 is 0.987 bits per heavy atom. The molecule has 0 N–H and O–H groups in total. The number of rotatable bonds is 9. The third-order valence-corrected chi connectivity index (χ3v) is 14.4. The summed E-state index contributed by atoms with van der Waals surface area (Å²) in [5.41, 5.74) is 22.0. The molecule has 0 aliphatic carbocycles. The first-order valence-electron chi connectivity index (χ1n) is 25.5. The fraction of sp³-hybridized carbons (Fsp3) is 0. The lowest BCUT2D eigenvalue weighted by molar-refractivity contribution is 1.18. The Balaban J connectivity index is 0.765. The van der Waals surface area contributed by atoms with Gasteiger partial charge in [-0.1, -0.05) is 176 Å². The van der Waals surface area contributed by atoms with Crippen LogP contribution in [0.4, 0.5) is 0 Å². The van der Waals surface area contributed by atoms with Gasteiger partial charge in [-0.2, -0.15) is 0 Å². The van der Waals surface area contributed by atoms with Gasteiger partial charge in [-0.15, -0.1) is 0 Å². The molecule has 0 fully saturated rings. The van der Waals surface area contributed by atoms with Gasteiger partial charge in [0.2, 0.25) is 0 Å². The van der Waals surface area contributed by atoms with E-state index in [4.69, 9.17) is 19.9 Å². The van der Waals surface area contributed by atoms with Crippen molar-refractivity contribution >= 4 is 43.6 Å². The monoisotopic (exact) mass is 968 g/mol. The largest absolute Gasteiger partial charge is 0.254 e. The lowest BCUT2D eigenvalue weighted by Crippen LogP contribution is -1.96. The van der Waals surface area contributed by atoms with Gasteiger partial charge in [0.15, 0.2) is 5.82 Å². The number of hydrogen-bond donors (Lipinski definition) is 0. The molecule has 5 heterocycles. The molecule has 354 valence electrons. The number of fused-ring (bicyclic) bond motifs is 6. The lowest BCUT2D eigenvalue weighted by Gasteiger charge is -2.13. The Bertz CT molecular complexity index is 4250. The summed E-state index contributed by atoms with van der Waals surface area (Å²) in [6.45, 7) is 0. The third-order valence-electron chi connectivity index (χ3n) is 14.4. The van der Waals surface area contributed by atoms with Crippen LogP contribution >= 0.6 is 0 Å². The summed E-state index contributed by atoms with van der Waals surface area (Å²) >= 11 is 0. The van der Waals surface area contributed by atoms with E-state index < -0.39 is 0 Å². The van der Waals surface area contributed by atoms with Gasteiger partial charge >= 0.3 is 0 Å². The van der Waals surface area contributed by atoms with Gasteiger partial charge in [0.25, 0.3) is 0 Å². The molecule has 14 aromatic rings. The van der Waals surface area contributed by atoms with Crippen LogP contribution in [0.25, 0.3) is 144 Å². The number of pyridine rings is 4. The first-order valence-corrected chi connectivity index (χ1v) is 25.5. The van der Waals surface area contributed by atoms with Gasteiger partial charge in [-0.25, -0.2) is 9.97 Å². The highest BCUT2D eigenvalue weighted by molar-refractivity contribution is 6.11. The smallest absolute Gasteiger partial charge is 0.160 e. The second-order valence-electron chi connectivity index (χ2n) is 19.1. The van der Waals surface area contributed by atoms with Gasteiger partial charge < -0.3 is 0 Å². The topological polar surface area (TPSA) is 77.3 Å². The molecule has 14 rings (SSSR count). The zero-order chi connectivity index (χ0) is 50.4. The summed E-state index contributed by atoms with van der Waals surface area (Å²) in [7, 11) is 0. The molecule has 0 atom stereocenters. The predicted molar refractivity (Wildman–Crippen MR) is 312 cm³/mol. The molecule has 0 aliphatic rings. The summed E-state index contributed by atoms with van der Waals surface area (Å²) in [5, 5.41) is 4.33. The fourth-order valence-corrected chi connectivity index (χ4v) is 10.6. The van der Waals surface area contributed by atoms with Crippen molar-refractivity contribution in [1.82, 2.24) is 29.9 Å². The molecule has 6 heteroatoms. The van der Waals surface area contributed by atoms with Crippen molar-refractivity contribution in [2.24, 2.45) is 0 Å². The van der Waals surface area contributed by atoms with Crippen LogP contribution in [0.15, 0.2) is 267 Å². The van der Waals surface area contributed by atoms with Gasteiger partial charge in [0.05, 0.1) is 33.5 Å². The first-order chi connectivity index (χ1) is 37.6. The van der Waals surface area contributed by atoms with Crippen LogP contribution in [-0.2, 0) is 0 Å². The molecule has 6 nitrogen and oxygen atoms in total. The average Bonchev–Trinajstić information content (AvgIpc) is 3.51. The molecule has 0 bridgehead atoms. The van der Waals surface area contributed by atoms with Gasteiger partial charge in [-0.05, 0) is 133 Å². The van der Waals surface area contributed by atoms with E-state index in [0.29, 0.717) is 5.82 Å². The third kappa shape index (κ3) is 8.30. The first kappa shape index (κ1) is 44.4. The molecular weight excluding hydrogens is 925 g/mol. The maximum Gasteiger partial charge on any atom is 0.160 e. The van der Waals surface area contributed by atoms with Crippen molar-refractivity contribution in [3.05, 3.63) is 267 Å². The van der Waals surface area contributed by atoms with E-state index in [1.54, 1.807) is 0 Å². The summed E-state index contributed by atoms with van der Waals surface area (Å²) < 4.78 is 0. The standard InChI is InChI=1S/C70H44N6/c1-2-12-49(13-3-1)70-75-64(56-20-6-18-54(40-56)52-16-4-14-50(38-52)45-26-30-47(31-27-45)62-42-58-22-8-34-71-66(58)68-60(62)24-10-36-73-68)44-65(76-70)57-21-7-19-55(41-57)53-17-5-15-51(39-53)46-28-32-48(33-29-46)63-43-59-23-9-35-72-67(59)69-61(63)25-11-37-74-69/h1-44H. The second-order valence-corrected chi connectivity index (χ2v) is 19.1. The number of aromatic nitrogens is 6. The van der Waals surface area contributed by atoms with Crippen molar-refractivity contribution < 1.29 is 0 Å². The van der Waals surface area contributed by atoms with E-state index in [-0.39, 0.29) is 0 Å². The van der Waals surface area contributed by atoms with Gasteiger partial charge in [-0.3, -0.25) is 19.9 Å². The minimum atomic E-state index is 0.675. The highest BCUT2D eigenvalue weighted by atomic mass is 14.9. The minimum Gasteiger partial charge on any atom is -0.254 e. The van der Waals surface area contributed by atoms with Crippen LogP contribution in [-0.4, -0.2) is 29.9 Å². The van der Waals surface area contributed by atoms with E-state index in [2.05, 4.69) is 210 Å². The molecule has 0 amide bonds. The zero-order valence-electron chi connectivity index (χ0n) is 41.1. The van der Waals surface area contributed by atoms with Crippen LogP contribution in [0.2, 0.25) is 0 Å².